The van der Waals surface area contributed by atoms with E-state index in [2.05, 4.69) is 0 Å². The number of hydrogen-bond acceptors (Lipinski definition) is 3. The Morgan fingerprint density at radius 2 is 1.58 bits per heavy atom. The maximum Gasteiger partial charge on any atom is 0.420 e. The second-order valence-corrected chi connectivity index (χ2v) is 6.05. The minimum atomic E-state index is -4.68. The summed E-state index contributed by atoms with van der Waals surface area (Å²) < 4.78 is 39.0. The van der Waals surface area contributed by atoms with Crippen LogP contribution in [0, 0.1) is 19.1 Å². The van der Waals surface area contributed by atoms with E-state index in [-0.39, 0.29) is 16.1 Å². The van der Waals surface area contributed by atoms with Crippen LogP contribution in [0.25, 0.3) is 0 Å². The number of imide groups is 1. The summed E-state index contributed by atoms with van der Waals surface area (Å²) in [5.74, 6) is -1.53. The van der Waals surface area contributed by atoms with Gasteiger partial charge in [-0.15, -0.1) is 4.90 Å². The van der Waals surface area contributed by atoms with Crippen molar-refractivity contribution in [3.05, 3.63) is 39.2 Å². The molecule has 8 heteroatoms. The Bertz CT molecular complexity index is 769. The first-order valence-electron chi connectivity index (χ1n) is 7.56. The quantitative estimate of drug-likeness (QED) is 0.449. The molecule has 128 valence electrons. The van der Waals surface area contributed by atoms with Gasteiger partial charge in [-0.1, -0.05) is 0 Å². The number of aryl methyl sites for hydroxylation is 1. The van der Waals surface area contributed by atoms with Crippen LogP contribution in [0.2, 0.25) is 0 Å². The molecule has 0 aromatic carbocycles. The number of alkyl halides is 3. The van der Waals surface area contributed by atoms with Gasteiger partial charge < -0.3 is 5.21 Å². The Kier molecular flexibility index (Phi) is 3.65. The van der Waals surface area contributed by atoms with Crippen molar-refractivity contribution in [3.63, 3.8) is 0 Å². The standard InChI is InChI=1S/C16H15F3N2O3/c1-8-7-12(16(17,18)19)9(2)21(24)13(8)20-14(22)10-5-3-4-6-11(10)15(20)23/h7H,3-6H2,1-2H3. The van der Waals surface area contributed by atoms with Crippen LogP contribution in [-0.4, -0.2) is 11.8 Å². The first kappa shape index (κ1) is 16.5. The van der Waals surface area contributed by atoms with Crippen molar-refractivity contribution < 1.29 is 27.5 Å². The molecule has 2 heterocycles. The number of carbonyl (C=O) groups is 2. The van der Waals surface area contributed by atoms with Gasteiger partial charge >= 0.3 is 18.0 Å². The lowest BCUT2D eigenvalue weighted by Crippen LogP contribution is -2.46. The summed E-state index contributed by atoms with van der Waals surface area (Å²) in [6.45, 7) is 2.31. The normalized spacial score (nSPS) is 18.5. The fourth-order valence-corrected chi connectivity index (χ4v) is 3.30. The lowest BCUT2D eigenvalue weighted by atomic mass is 9.93. The molecule has 2 aliphatic rings. The molecule has 24 heavy (non-hydrogen) atoms. The molecule has 1 aromatic rings. The molecular weight excluding hydrogens is 325 g/mol. The zero-order valence-corrected chi connectivity index (χ0v) is 13.2. The average molecular weight is 340 g/mol. The van der Waals surface area contributed by atoms with Gasteiger partial charge in [-0.25, -0.2) is 14.3 Å². The van der Waals surface area contributed by atoms with Gasteiger partial charge in [-0.3, -0.25) is 0 Å². The molecular formula is C16H15F3N2O3. The van der Waals surface area contributed by atoms with Gasteiger partial charge in [-0.05, 0) is 45.6 Å². The molecule has 3 rings (SSSR count). The highest BCUT2D eigenvalue weighted by Gasteiger charge is 2.48. The number of amides is 2. The lowest BCUT2D eigenvalue weighted by Gasteiger charge is -2.21. The first-order valence-corrected chi connectivity index (χ1v) is 7.56. The summed E-state index contributed by atoms with van der Waals surface area (Å²) in [6, 6.07) is 0.803. The van der Waals surface area contributed by atoms with Gasteiger partial charge in [0.25, 0.3) is 5.82 Å². The van der Waals surface area contributed by atoms with Crippen molar-refractivity contribution >= 4 is 17.6 Å². The Hall–Kier alpha value is -2.38. The molecule has 1 aliphatic heterocycles. The molecule has 0 saturated carbocycles. The van der Waals surface area contributed by atoms with Crippen LogP contribution in [0.1, 0.15) is 42.5 Å². The topological polar surface area (TPSA) is 64.3 Å². The van der Waals surface area contributed by atoms with Crippen LogP contribution in [-0.2, 0) is 15.8 Å². The van der Waals surface area contributed by atoms with E-state index in [4.69, 9.17) is 0 Å². The summed E-state index contributed by atoms with van der Waals surface area (Å²) in [4.78, 5) is 25.8. The highest BCUT2D eigenvalue weighted by Crippen LogP contribution is 2.37. The lowest BCUT2D eigenvalue weighted by molar-refractivity contribution is -0.600. The summed E-state index contributed by atoms with van der Waals surface area (Å²) in [5, 5.41) is 12.4. The monoisotopic (exact) mass is 340 g/mol. The highest BCUT2D eigenvalue weighted by atomic mass is 19.4. The molecule has 0 unspecified atom stereocenters. The van der Waals surface area contributed by atoms with Gasteiger partial charge in [0.2, 0.25) is 0 Å². The fraction of sp³-hybridized carbons (Fsp3) is 0.438. The van der Waals surface area contributed by atoms with E-state index < -0.39 is 29.2 Å². The van der Waals surface area contributed by atoms with Crippen LogP contribution in [0.15, 0.2) is 17.2 Å². The zero-order chi connectivity index (χ0) is 17.8. The molecule has 5 nitrogen and oxygen atoms in total. The highest BCUT2D eigenvalue weighted by molar-refractivity contribution is 6.32. The Labute approximate surface area is 136 Å². The van der Waals surface area contributed by atoms with E-state index in [0.717, 1.165) is 30.7 Å². The second kappa shape index (κ2) is 5.32. The second-order valence-electron chi connectivity index (χ2n) is 6.05. The van der Waals surface area contributed by atoms with Crippen LogP contribution in [0.3, 0.4) is 0 Å². The van der Waals surface area contributed by atoms with Gasteiger partial charge in [0.15, 0.2) is 0 Å². The minimum absolute atomic E-state index is 0.0341. The number of aromatic nitrogens is 1. The third-order valence-corrected chi connectivity index (χ3v) is 4.51. The van der Waals surface area contributed by atoms with E-state index in [9.17, 15) is 28.0 Å². The molecule has 1 aliphatic carbocycles. The van der Waals surface area contributed by atoms with Crippen LogP contribution < -0.4 is 9.63 Å². The third kappa shape index (κ3) is 2.28. The van der Waals surface area contributed by atoms with Gasteiger partial charge in [0, 0.05) is 5.56 Å². The summed E-state index contributed by atoms with van der Waals surface area (Å²) >= 11 is 0. The SMILES string of the molecule is Cc1cc(C(F)(F)F)c(C)[n+]([O-])c1N1C(=O)C2=C(CCCC2)C1=O. The van der Waals surface area contributed by atoms with Gasteiger partial charge in [0.05, 0.1) is 16.7 Å². The number of halogens is 3. The number of nitrogens with zero attached hydrogens (tertiary/aromatic N) is 2. The van der Waals surface area contributed by atoms with Crippen molar-refractivity contribution in [2.45, 2.75) is 45.7 Å². The summed E-state index contributed by atoms with van der Waals surface area (Å²) in [5.41, 5.74) is -0.972. The first-order chi connectivity index (χ1) is 11.1. The van der Waals surface area contributed by atoms with Crippen LogP contribution in [0.5, 0.6) is 0 Å². The van der Waals surface area contributed by atoms with Gasteiger partial charge in [0.1, 0.15) is 5.69 Å². The van der Waals surface area contributed by atoms with E-state index in [0.29, 0.717) is 24.0 Å². The maximum atomic E-state index is 13.0. The van der Waals surface area contributed by atoms with Crippen molar-refractivity contribution in [2.75, 3.05) is 4.90 Å². The number of carbonyl (C=O) groups excluding carboxylic acids is 2. The van der Waals surface area contributed by atoms with E-state index in [1.807, 2.05) is 0 Å². The molecule has 1 aromatic heterocycles. The van der Waals surface area contributed by atoms with Crippen molar-refractivity contribution in [1.82, 2.24) is 0 Å². The van der Waals surface area contributed by atoms with Crippen LogP contribution in [0.4, 0.5) is 19.0 Å². The molecule has 0 spiro atoms. The van der Waals surface area contributed by atoms with Crippen molar-refractivity contribution in [3.8, 4) is 0 Å². The van der Waals surface area contributed by atoms with E-state index in [1.165, 1.54) is 6.92 Å². The molecule has 0 saturated heterocycles. The van der Waals surface area contributed by atoms with Crippen molar-refractivity contribution in [2.24, 2.45) is 0 Å². The largest absolute Gasteiger partial charge is 0.710 e. The smallest absolute Gasteiger partial charge is 0.420 e. The molecule has 0 atom stereocenters. The minimum Gasteiger partial charge on any atom is -0.710 e. The Balaban J connectivity index is 2.13. The summed E-state index contributed by atoms with van der Waals surface area (Å²) in [6.07, 6.45) is -2.24. The molecule has 2 amide bonds. The van der Waals surface area contributed by atoms with E-state index >= 15 is 0 Å². The average Bonchev–Trinajstić information content (AvgIpc) is 2.76. The number of anilines is 1. The Morgan fingerprint density at radius 1 is 1.08 bits per heavy atom. The van der Waals surface area contributed by atoms with Crippen LogP contribution >= 0.6 is 0 Å². The third-order valence-electron chi connectivity index (χ3n) is 4.51. The summed E-state index contributed by atoms with van der Waals surface area (Å²) in [7, 11) is 0. The van der Waals surface area contributed by atoms with Crippen molar-refractivity contribution in [1.29, 1.82) is 0 Å². The Morgan fingerprint density at radius 3 is 2.04 bits per heavy atom. The maximum absolute atomic E-state index is 13.0. The molecule has 0 bridgehead atoms. The molecule has 0 fully saturated rings. The zero-order valence-electron chi connectivity index (χ0n) is 13.2. The number of pyridine rings is 1. The molecule has 0 N–H and O–H groups in total. The number of hydrogen-bond donors (Lipinski definition) is 0. The molecule has 0 radical (unpaired) electrons. The predicted octanol–water partition coefficient (Wildman–Crippen LogP) is 2.70. The predicted molar refractivity (Wildman–Crippen MR) is 77.9 cm³/mol. The fourth-order valence-electron chi connectivity index (χ4n) is 3.30. The van der Waals surface area contributed by atoms with Gasteiger partial charge in [-0.2, -0.15) is 13.2 Å². The number of rotatable bonds is 1. The van der Waals surface area contributed by atoms with E-state index in [1.54, 1.807) is 0 Å².